The highest BCUT2D eigenvalue weighted by Crippen LogP contribution is 2.23. The normalized spacial score (nSPS) is 12.0. The molecular formula is C23H20BrN5O3. The lowest BCUT2D eigenvalue weighted by atomic mass is 9.95. The molecule has 0 bridgehead atoms. The van der Waals surface area contributed by atoms with Crippen molar-refractivity contribution in [3.8, 4) is 5.69 Å². The van der Waals surface area contributed by atoms with E-state index in [1.165, 1.54) is 16.8 Å². The van der Waals surface area contributed by atoms with Gasteiger partial charge < -0.3 is 4.57 Å². The first-order chi connectivity index (χ1) is 15.1. The molecule has 0 aliphatic heterocycles. The average molecular weight is 494 g/mol. The van der Waals surface area contributed by atoms with Gasteiger partial charge >= 0.3 is 0 Å². The van der Waals surface area contributed by atoms with Crippen molar-refractivity contribution < 1.29 is 4.92 Å². The Bertz CT molecular complexity index is 1410. The van der Waals surface area contributed by atoms with Crippen LogP contribution >= 0.6 is 15.9 Å². The van der Waals surface area contributed by atoms with Gasteiger partial charge in [0.05, 0.1) is 27.7 Å². The van der Waals surface area contributed by atoms with Crippen molar-refractivity contribution in [1.29, 1.82) is 0 Å². The fourth-order valence-corrected chi connectivity index (χ4v) is 3.69. The van der Waals surface area contributed by atoms with Gasteiger partial charge in [0, 0.05) is 33.9 Å². The average Bonchev–Trinajstić information content (AvgIpc) is 3.21. The van der Waals surface area contributed by atoms with E-state index in [1.54, 1.807) is 24.4 Å². The summed E-state index contributed by atoms with van der Waals surface area (Å²) in [5.74, 6) is 0.544. The van der Waals surface area contributed by atoms with Gasteiger partial charge in [0.15, 0.2) is 0 Å². The number of benzene rings is 2. The summed E-state index contributed by atoms with van der Waals surface area (Å²) in [6.07, 6.45) is 3.41. The standard InChI is InChI=1S/C23H20BrN5O3/c1-23(2,3)22-26-20-11-6-15(24)13-19(20)21(30)28(22)25-14-18-5-4-12-27(18)16-7-9-17(10-8-16)29(31)32/h4-14H,1-3H3. The fraction of sp³-hybridized carbons (Fsp3) is 0.174. The number of nitro benzene ring substituents is 1. The number of non-ortho nitro benzene ring substituents is 1. The summed E-state index contributed by atoms with van der Waals surface area (Å²) in [6, 6.07) is 15.3. The summed E-state index contributed by atoms with van der Waals surface area (Å²) in [5.41, 5.74) is 1.41. The van der Waals surface area contributed by atoms with Crippen LogP contribution in [0, 0.1) is 10.1 Å². The van der Waals surface area contributed by atoms with Gasteiger partial charge in [-0.1, -0.05) is 36.7 Å². The highest BCUT2D eigenvalue weighted by molar-refractivity contribution is 9.10. The Kier molecular flexibility index (Phi) is 5.52. The number of hydrogen-bond acceptors (Lipinski definition) is 5. The van der Waals surface area contributed by atoms with Gasteiger partial charge in [-0.05, 0) is 42.5 Å². The van der Waals surface area contributed by atoms with E-state index in [9.17, 15) is 14.9 Å². The Morgan fingerprint density at radius 1 is 1.12 bits per heavy atom. The van der Waals surface area contributed by atoms with Crippen molar-refractivity contribution >= 4 is 38.7 Å². The molecule has 9 heteroatoms. The van der Waals surface area contributed by atoms with Crippen molar-refractivity contribution in [2.45, 2.75) is 26.2 Å². The molecule has 0 saturated carbocycles. The number of rotatable bonds is 4. The van der Waals surface area contributed by atoms with E-state index in [2.05, 4.69) is 21.0 Å². The molecule has 0 unspecified atom stereocenters. The SMILES string of the molecule is CC(C)(C)c1nc2ccc(Br)cc2c(=O)n1N=Cc1cccn1-c1ccc([N+](=O)[O-])cc1. The first-order valence-electron chi connectivity index (χ1n) is 9.84. The van der Waals surface area contributed by atoms with Gasteiger partial charge in [-0.25, -0.2) is 4.98 Å². The van der Waals surface area contributed by atoms with Gasteiger partial charge in [0.1, 0.15) is 5.82 Å². The summed E-state index contributed by atoms with van der Waals surface area (Å²) in [5, 5.41) is 15.9. The van der Waals surface area contributed by atoms with E-state index in [0.717, 1.165) is 10.2 Å². The molecule has 4 rings (SSSR count). The van der Waals surface area contributed by atoms with Crippen LogP contribution in [0.4, 0.5) is 5.69 Å². The summed E-state index contributed by atoms with van der Waals surface area (Å²) in [6.45, 7) is 5.93. The topological polar surface area (TPSA) is 95.3 Å². The second kappa shape index (κ2) is 8.16. The maximum absolute atomic E-state index is 13.3. The molecule has 0 radical (unpaired) electrons. The minimum Gasteiger partial charge on any atom is -0.316 e. The Morgan fingerprint density at radius 2 is 1.84 bits per heavy atom. The van der Waals surface area contributed by atoms with Crippen molar-refractivity contribution in [2.75, 3.05) is 0 Å². The molecule has 0 atom stereocenters. The predicted octanol–water partition coefficient (Wildman–Crippen LogP) is 5.04. The lowest BCUT2D eigenvalue weighted by molar-refractivity contribution is -0.384. The van der Waals surface area contributed by atoms with Gasteiger partial charge in [-0.2, -0.15) is 9.78 Å². The zero-order valence-corrected chi connectivity index (χ0v) is 19.3. The smallest absolute Gasteiger partial charge is 0.282 e. The van der Waals surface area contributed by atoms with Crippen molar-refractivity contribution in [2.24, 2.45) is 5.10 Å². The van der Waals surface area contributed by atoms with Crippen LogP contribution in [0.25, 0.3) is 16.6 Å². The largest absolute Gasteiger partial charge is 0.316 e. The quantitative estimate of drug-likeness (QED) is 0.226. The fourth-order valence-electron chi connectivity index (χ4n) is 3.33. The molecule has 0 aliphatic carbocycles. The van der Waals surface area contributed by atoms with Gasteiger partial charge in [0.25, 0.3) is 11.2 Å². The van der Waals surface area contributed by atoms with Gasteiger partial charge in [-0.3, -0.25) is 14.9 Å². The van der Waals surface area contributed by atoms with Crippen LogP contribution in [0.3, 0.4) is 0 Å². The number of hydrogen-bond donors (Lipinski definition) is 0. The summed E-state index contributed by atoms with van der Waals surface area (Å²) in [7, 11) is 0. The van der Waals surface area contributed by atoms with Crippen LogP contribution in [0.2, 0.25) is 0 Å². The number of nitro groups is 1. The number of nitrogens with zero attached hydrogens (tertiary/aromatic N) is 5. The number of aromatic nitrogens is 3. The monoisotopic (exact) mass is 493 g/mol. The third-order valence-electron chi connectivity index (χ3n) is 4.90. The van der Waals surface area contributed by atoms with E-state index in [0.29, 0.717) is 22.4 Å². The van der Waals surface area contributed by atoms with Crippen LogP contribution < -0.4 is 5.56 Å². The van der Waals surface area contributed by atoms with E-state index in [4.69, 9.17) is 4.98 Å². The van der Waals surface area contributed by atoms with Crippen molar-refractivity contribution in [3.05, 3.63) is 97.3 Å². The highest BCUT2D eigenvalue weighted by atomic mass is 79.9. The Morgan fingerprint density at radius 3 is 2.50 bits per heavy atom. The molecule has 162 valence electrons. The second-order valence-corrected chi connectivity index (χ2v) is 9.20. The lowest BCUT2D eigenvalue weighted by Crippen LogP contribution is -2.29. The lowest BCUT2D eigenvalue weighted by Gasteiger charge is -2.20. The molecule has 2 aromatic carbocycles. The maximum atomic E-state index is 13.3. The van der Waals surface area contributed by atoms with E-state index in [-0.39, 0.29) is 11.2 Å². The summed E-state index contributed by atoms with van der Waals surface area (Å²) < 4.78 is 3.96. The van der Waals surface area contributed by atoms with Crippen LogP contribution in [-0.4, -0.2) is 25.4 Å². The molecule has 4 aromatic rings. The van der Waals surface area contributed by atoms with E-state index in [1.807, 2.05) is 55.8 Å². The second-order valence-electron chi connectivity index (χ2n) is 8.28. The van der Waals surface area contributed by atoms with E-state index < -0.39 is 10.3 Å². The predicted molar refractivity (Wildman–Crippen MR) is 128 cm³/mol. The maximum Gasteiger partial charge on any atom is 0.282 e. The van der Waals surface area contributed by atoms with Crippen molar-refractivity contribution in [3.63, 3.8) is 0 Å². The first-order valence-corrected chi connectivity index (χ1v) is 10.6. The molecule has 0 saturated heterocycles. The van der Waals surface area contributed by atoms with Crippen LogP contribution in [0.5, 0.6) is 0 Å². The van der Waals surface area contributed by atoms with Crippen LogP contribution in [-0.2, 0) is 5.41 Å². The minimum absolute atomic E-state index is 0.0193. The molecule has 32 heavy (non-hydrogen) atoms. The Balaban J connectivity index is 1.82. The Hall–Kier alpha value is -3.59. The van der Waals surface area contributed by atoms with Gasteiger partial charge in [-0.15, -0.1) is 0 Å². The van der Waals surface area contributed by atoms with Crippen LogP contribution in [0.15, 0.2) is 75.2 Å². The van der Waals surface area contributed by atoms with E-state index >= 15 is 0 Å². The first kappa shape index (κ1) is 21.6. The third kappa shape index (κ3) is 4.11. The van der Waals surface area contributed by atoms with Gasteiger partial charge in [0.2, 0.25) is 0 Å². The molecule has 0 fully saturated rings. The summed E-state index contributed by atoms with van der Waals surface area (Å²) >= 11 is 3.41. The number of halogens is 1. The summed E-state index contributed by atoms with van der Waals surface area (Å²) in [4.78, 5) is 28.5. The molecule has 0 aliphatic rings. The molecule has 2 aromatic heterocycles. The minimum atomic E-state index is -0.437. The Labute approximate surface area is 192 Å². The van der Waals surface area contributed by atoms with Crippen molar-refractivity contribution in [1.82, 2.24) is 14.2 Å². The molecule has 0 spiro atoms. The zero-order chi connectivity index (χ0) is 23.0. The molecule has 0 amide bonds. The zero-order valence-electron chi connectivity index (χ0n) is 17.7. The molecule has 8 nitrogen and oxygen atoms in total. The molecular weight excluding hydrogens is 474 g/mol. The van der Waals surface area contributed by atoms with Crippen LogP contribution in [0.1, 0.15) is 32.3 Å². The third-order valence-corrected chi connectivity index (χ3v) is 5.40. The number of fused-ring (bicyclic) bond motifs is 1. The highest BCUT2D eigenvalue weighted by Gasteiger charge is 2.23. The molecule has 0 N–H and O–H groups in total. The molecule has 2 heterocycles.